The first-order valence-electron chi connectivity index (χ1n) is 9.47. The summed E-state index contributed by atoms with van der Waals surface area (Å²) in [5.41, 5.74) is 6.30. The Morgan fingerprint density at radius 1 is 1.12 bits per heavy atom. The fourth-order valence-electron chi connectivity index (χ4n) is 3.99. The number of nitrogens with zero attached hydrogens (tertiary/aromatic N) is 3. The molecule has 0 radical (unpaired) electrons. The van der Waals surface area contributed by atoms with Crippen molar-refractivity contribution in [3.63, 3.8) is 0 Å². The first-order valence-corrected chi connectivity index (χ1v) is 9.85. The molecule has 0 bridgehead atoms. The quantitative estimate of drug-likeness (QED) is 0.769. The highest BCUT2D eigenvalue weighted by Crippen LogP contribution is 2.32. The summed E-state index contributed by atoms with van der Waals surface area (Å²) in [4.78, 5) is 2.58. The molecule has 3 nitrogen and oxygen atoms in total. The number of piperidine rings is 1. The summed E-state index contributed by atoms with van der Waals surface area (Å²) in [5.74, 6) is 0. The Bertz CT molecular complexity index is 784. The van der Waals surface area contributed by atoms with Crippen LogP contribution in [0.4, 0.5) is 0 Å². The van der Waals surface area contributed by atoms with Gasteiger partial charge < -0.3 is 0 Å². The number of likely N-dealkylation sites (tertiary alicyclic amines) is 1. The molecule has 0 amide bonds. The minimum absolute atomic E-state index is 0.804. The topological polar surface area (TPSA) is 21.1 Å². The maximum Gasteiger partial charge on any atom is 0.0664 e. The van der Waals surface area contributed by atoms with Crippen LogP contribution in [0.15, 0.2) is 30.5 Å². The molecule has 4 rings (SSSR count). The lowest BCUT2D eigenvalue weighted by Gasteiger charge is -2.26. The predicted octanol–water partition coefficient (Wildman–Crippen LogP) is 5.04. The second-order valence-corrected chi connectivity index (χ2v) is 7.70. The Morgan fingerprint density at radius 2 is 1.96 bits per heavy atom. The zero-order chi connectivity index (χ0) is 17.2. The largest absolute Gasteiger partial charge is 0.300 e. The number of aryl methyl sites for hydroxylation is 1. The van der Waals surface area contributed by atoms with E-state index >= 15 is 0 Å². The van der Waals surface area contributed by atoms with Crippen molar-refractivity contribution in [2.75, 3.05) is 19.6 Å². The standard InChI is InChI=1S/C21H26ClN3/c1-16-8-9-18(14-20(16)22)25-21-7-5-6-17(19(21)15-23-25)10-13-24-11-3-2-4-12-24/h8-10,14-15H,2-7,11-13H2,1H3/b17-10+. The fourth-order valence-corrected chi connectivity index (χ4v) is 4.17. The number of aromatic nitrogens is 2. The van der Waals surface area contributed by atoms with Gasteiger partial charge in [-0.3, -0.25) is 4.90 Å². The van der Waals surface area contributed by atoms with Crippen molar-refractivity contribution < 1.29 is 0 Å². The molecule has 2 aliphatic rings. The van der Waals surface area contributed by atoms with Crippen molar-refractivity contribution in [2.45, 2.75) is 45.4 Å². The van der Waals surface area contributed by atoms with E-state index in [9.17, 15) is 0 Å². The van der Waals surface area contributed by atoms with Gasteiger partial charge in [0, 0.05) is 17.1 Å². The first kappa shape index (κ1) is 16.9. The van der Waals surface area contributed by atoms with E-state index in [1.807, 2.05) is 19.2 Å². The molecule has 0 saturated carbocycles. The van der Waals surface area contributed by atoms with E-state index in [-0.39, 0.29) is 0 Å². The molecule has 1 aliphatic heterocycles. The van der Waals surface area contributed by atoms with Crippen molar-refractivity contribution in [2.24, 2.45) is 0 Å². The molecule has 0 unspecified atom stereocenters. The lowest BCUT2D eigenvalue weighted by atomic mass is 9.92. The number of allylic oxidation sites excluding steroid dienone is 1. The molecule has 4 heteroatoms. The Morgan fingerprint density at radius 3 is 2.76 bits per heavy atom. The van der Waals surface area contributed by atoms with Gasteiger partial charge in [0.1, 0.15) is 0 Å². The second-order valence-electron chi connectivity index (χ2n) is 7.29. The monoisotopic (exact) mass is 355 g/mol. The van der Waals surface area contributed by atoms with Crippen LogP contribution < -0.4 is 0 Å². The minimum atomic E-state index is 0.804. The van der Waals surface area contributed by atoms with Crippen LogP contribution in [0.1, 0.15) is 48.9 Å². The maximum absolute atomic E-state index is 6.32. The van der Waals surface area contributed by atoms with Crippen LogP contribution in [0, 0.1) is 6.92 Å². The molecule has 1 aromatic heterocycles. The zero-order valence-corrected chi connectivity index (χ0v) is 15.7. The third kappa shape index (κ3) is 3.54. The Labute approximate surface area is 155 Å². The summed E-state index contributed by atoms with van der Waals surface area (Å²) in [6, 6.07) is 6.21. The van der Waals surface area contributed by atoms with Gasteiger partial charge in [-0.05, 0) is 75.4 Å². The van der Waals surface area contributed by atoms with E-state index in [0.717, 1.165) is 29.2 Å². The summed E-state index contributed by atoms with van der Waals surface area (Å²) >= 11 is 6.32. The number of hydrogen-bond acceptors (Lipinski definition) is 2. The zero-order valence-electron chi connectivity index (χ0n) is 15.0. The normalized spacial score (nSPS) is 20.0. The van der Waals surface area contributed by atoms with Gasteiger partial charge in [-0.25, -0.2) is 4.68 Å². The van der Waals surface area contributed by atoms with Gasteiger partial charge in [0.15, 0.2) is 0 Å². The highest BCUT2D eigenvalue weighted by molar-refractivity contribution is 6.31. The van der Waals surface area contributed by atoms with Crippen LogP contribution in [-0.4, -0.2) is 34.3 Å². The number of halogens is 1. The molecule has 0 spiro atoms. The van der Waals surface area contributed by atoms with E-state index in [1.165, 1.54) is 62.0 Å². The second kappa shape index (κ2) is 7.35. The molecular formula is C21H26ClN3. The van der Waals surface area contributed by atoms with Gasteiger partial charge in [0.25, 0.3) is 0 Å². The SMILES string of the molecule is Cc1ccc(-n2ncc3c2CCC/C3=C\CN2CCCCC2)cc1Cl. The van der Waals surface area contributed by atoms with E-state index in [0.29, 0.717) is 0 Å². The number of rotatable bonds is 3. The van der Waals surface area contributed by atoms with E-state index in [1.54, 1.807) is 0 Å². The van der Waals surface area contributed by atoms with Crippen LogP contribution in [0.2, 0.25) is 5.02 Å². The van der Waals surface area contributed by atoms with Gasteiger partial charge in [-0.2, -0.15) is 5.10 Å². The average Bonchev–Trinajstić information content (AvgIpc) is 3.08. The number of benzene rings is 1. The Balaban J connectivity index is 1.60. The smallest absolute Gasteiger partial charge is 0.0664 e. The van der Waals surface area contributed by atoms with Gasteiger partial charge in [-0.15, -0.1) is 0 Å². The van der Waals surface area contributed by atoms with Crippen molar-refractivity contribution in [3.8, 4) is 5.69 Å². The van der Waals surface area contributed by atoms with Crippen LogP contribution in [0.3, 0.4) is 0 Å². The Hall–Kier alpha value is -1.58. The summed E-state index contributed by atoms with van der Waals surface area (Å²) < 4.78 is 2.08. The van der Waals surface area contributed by atoms with Gasteiger partial charge in [0.05, 0.1) is 17.6 Å². The van der Waals surface area contributed by atoms with E-state index < -0.39 is 0 Å². The van der Waals surface area contributed by atoms with Crippen LogP contribution in [0.5, 0.6) is 0 Å². The van der Waals surface area contributed by atoms with E-state index in [4.69, 9.17) is 11.6 Å². The van der Waals surface area contributed by atoms with Gasteiger partial charge >= 0.3 is 0 Å². The van der Waals surface area contributed by atoms with E-state index in [2.05, 4.69) is 32.9 Å². The lowest BCUT2D eigenvalue weighted by Crippen LogP contribution is -2.29. The summed E-state index contributed by atoms with van der Waals surface area (Å²) in [6.07, 6.45) is 12.0. The molecule has 2 aromatic rings. The highest BCUT2D eigenvalue weighted by Gasteiger charge is 2.20. The third-order valence-corrected chi connectivity index (χ3v) is 5.93. The van der Waals surface area contributed by atoms with Crippen molar-refractivity contribution >= 4 is 17.2 Å². The number of hydrogen-bond donors (Lipinski definition) is 0. The van der Waals surface area contributed by atoms with Crippen molar-refractivity contribution in [1.29, 1.82) is 0 Å². The summed E-state index contributed by atoms with van der Waals surface area (Å²) in [5, 5.41) is 5.49. The fraction of sp³-hybridized carbons (Fsp3) is 0.476. The first-order chi connectivity index (χ1) is 12.2. The number of fused-ring (bicyclic) bond motifs is 1. The summed E-state index contributed by atoms with van der Waals surface area (Å²) in [6.45, 7) is 5.61. The third-order valence-electron chi connectivity index (χ3n) is 5.52. The van der Waals surface area contributed by atoms with Crippen molar-refractivity contribution in [3.05, 3.63) is 52.3 Å². The van der Waals surface area contributed by atoms with Crippen molar-refractivity contribution in [1.82, 2.24) is 14.7 Å². The molecule has 1 fully saturated rings. The molecule has 2 heterocycles. The molecule has 25 heavy (non-hydrogen) atoms. The molecule has 132 valence electrons. The summed E-state index contributed by atoms with van der Waals surface area (Å²) in [7, 11) is 0. The Kier molecular flexibility index (Phi) is 4.96. The van der Waals surface area contributed by atoms with Crippen LogP contribution >= 0.6 is 11.6 Å². The lowest BCUT2D eigenvalue weighted by molar-refractivity contribution is 0.251. The van der Waals surface area contributed by atoms with Crippen LogP contribution in [-0.2, 0) is 6.42 Å². The predicted molar refractivity (Wildman–Crippen MR) is 105 cm³/mol. The molecule has 0 N–H and O–H groups in total. The minimum Gasteiger partial charge on any atom is -0.300 e. The highest BCUT2D eigenvalue weighted by atomic mass is 35.5. The van der Waals surface area contributed by atoms with Gasteiger partial charge in [-0.1, -0.05) is 30.2 Å². The molecule has 0 atom stereocenters. The maximum atomic E-state index is 6.32. The molecule has 1 saturated heterocycles. The van der Waals surface area contributed by atoms with Crippen LogP contribution in [0.25, 0.3) is 11.3 Å². The molecule has 1 aliphatic carbocycles. The molecular weight excluding hydrogens is 330 g/mol. The molecule has 1 aromatic carbocycles. The average molecular weight is 356 g/mol. The van der Waals surface area contributed by atoms with Gasteiger partial charge in [0.2, 0.25) is 0 Å².